The SMILES string of the molecule is CCCc1ccc(CC(Br)CC(=O)OCC)cc1. The molecule has 3 heteroatoms. The summed E-state index contributed by atoms with van der Waals surface area (Å²) in [4.78, 5) is 11.5. The summed E-state index contributed by atoms with van der Waals surface area (Å²) in [5, 5.41) is 0. The van der Waals surface area contributed by atoms with Crippen LogP contribution in [0.4, 0.5) is 0 Å². The number of halogens is 1. The number of hydrogen-bond donors (Lipinski definition) is 0. The molecule has 2 nitrogen and oxygen atoms in total. The predicted octanol–water partition coefficient (Wildman–Crippen LogP) is 3.90. The Bertz CT molecular complexity index is 359. The van der Waals surface area contributed by atoms with E-state index in [4.69, 9.17) is 4.74 Å². The van der Waals surface area contributed by atoms with Gasteiger partial charge in [0.15, 0.2) is 0 Å². The number of ether oxygens (including phenoxy) is 1. The van der Waals surface area contributed by atoms with E-state index in [1.165, 1.54) is 17.5 Å². The van der Waals surface area contributed by atoms with Gasteiger partial charge in [-0.1, -0.05) is 53.5 Å². The third-order valence-corrected chi connectivity index (χ3v) is 3.36. The Morgan fingerprint density at radius 2 is 1.83 bits per heavy atom. The molecule has 0 radical (unpaired) electrons. The number of aryl methyl sites for hydroxylation is 1. The lowest BCUT2D eigenvalue weighted by atomic mass is 10.0. The highest BCUT2D eigenvalue weighted by molar-refractivity contribution is 9.09. The Balaban J connectivity index is 2.43. The summed E-state index contributed by atoms with van der Waals surface area (Å²) < 4.78 is 4.93. The second-order valence-corrected chi connectivity index (χ2v) is 5.67. The van der Waals surface area contributed by atoms with Crippen molar-refractivity contribution in [3.8, 4) is 0 Å². The quantitative estimate of drug-likeness (QED) is 0.564. The smallest absolute Gasteiger partial charge is 0.306 e. The summed E-state index contributed by atoms with van der Waals surface area (Å²) in [6.45, 7) is 4.46. The normalized spacial score (nSPS) is 12.2. The van der Waals surface area contributed by atoms with E-state index in [-0.39, 0.29) is 10.8 Å². The van der Waals surface area contributed by atoms with E-state index in [1.807, 2.05) is 6.92 Å². The fraction of sp³-hybridized carbons (Fsp3) is 0.533. The summed E-state index contributed by atoms with van der Waals surface area (Å²) in [6, 6.07) is 8.63. The van der Waals surface area contributed by atoms with Crippen molar-refractivity contribution in [2.75, 3.05) is 6.61 Å². The van der Waals surface area contributed by atoms with Crippen LogP contribution in [0.2, 0.25) is 0 Å². The molecule has 18 heavy (non-hydrogen) atoms. The molecule has 0 bridgehead atoms. The third kappa shape index (κ3) is 5.67. The molecule has 0 saturated carbocycles. The molecule has 1 aromatic carbocycles. The standard InChI is InChI=1S/C15H21BrO2/c1-3-5-12-6-8-13(9-7-12)10-14(16)11-15(17)18-4-2/h6-9,14H,3-5,10-11H2,1-2H3. The first-order chi connectivity index (χ1) is 8.65. The molecule has 0 amide bonds. The molecule has 1 atom stereocenters. The molecular formula is C15H21BrO2. The fourth-order valence-corrected chi connectivity index (χ4v) is 2.50. The van der Waals surface area contributed by atoms with Gasteiger partial charge in [0.2, 0.25) is 0 Å². The van der Waals surface area contributed by atoms with Crippen LogP contribution in [0.3, 0.4) is 0 Å². The van der Waals surface area contributed by atoms with Crippen LogP contribution in [-0.2, 0) is 22.4 Å². The third-order valence-electron chi connectivity index (χ3n) is 2.71. The van der Waals surface area contributed by atoms with Gasteiger partial charge in [0.05, 0.1) is 13.0 Å². The summed E-state index contributed by atoms with van der Waals surface area (Å²) in [5.41, 5.74) is 2.62. The maximum atomic E-state index is 11.3. The largest absolute Gasteiger partial charge is 0.466 e. The van der Waals surface area contributed by atoms with Gasteiger partial charge in [-0.25, -0.2) is 0 Å². The van der Waals surface area contributed by atoms with E-state index in [1.54, 1.807) is 0 Å². The number of alkyl halides is 1. The van der Waals surface area contributed by atoms with Gasteiger partial charge in [-0.15, -0.1) is 0 Å². The van der Waals surface area contributed by atoms with Gasteiger partial charge in [0.25, 0.3) is 0 Å². The van der Waals surface area contributed by atoms with Crippen molar-refractivity contribution in [2.45, 2.75) is 44.4 Å². The summed E-state index contributed by atoms with van der Waals surface area (Å²) in [5.74, 6) is -0.137. The average molecular weight is 313 g/mol. The highest BCUT2D eigenvalue weighted by Gasteiger charge is 2.12. The summed E-state index contributed by atoms with van der Waals surface area (Å²) in [6.07, 6.45) is 3.57. The van der Waals surface area contributed by atoms with E-state index >= 15 is 0 Å². The maximum absolute atomic E-state index is 11.3. The number of carbonyl (C=O) groups excluding carboxylic acids is 1. The lowest BCUT2D eigenvalue weighted by molar-refractivity contribution is -0.143. The Kier molecular flexibility index (Phi) is 7.02. The Labute approximate surface area is 118 Å². The Morgan fingerprint density at radius 3 is 2.39 bits per heavy atom. The zero-order chi connectivity index (χ0) is 13.4. The van der Waals surface area contributed by atoms with E-state index in [0.717, 1.165) is 12.8 Å². The van der Waals surface area contributed by atoms with E-state index < -0.39 is 0 Å². The molecule has 1 rings (SSSR count). The topological polar surface area (TPSA) is 26.3 Å². The van der Waals surface area contributed by atoms with Gasteiger partial charge in [-0.2, -0.15) is 0 Å². The highest BCUT2D eigenvalue weighted by atomic mass is 79.9. The van der Waals surface area contributed by atoms with Crippen LogP contribution in [0.15, 0.2) is 24.3 Å². The molecule has 0 N–H and O–H groups in total. The molecular weight excluding hydrogens is 292 g/mol. The Hall–Kier alpha value is -0.830. The van der Waals surface area contributed by atoms with Crippen LogP contribution in [-0.4, -0.2) is 17.4 Å². The van der Waals surface area contributed by atoms with Gasteiger partial charge in [0, 0.05) is 4.83 Å². The van der Waals surface area contributed by atoms with Gasteiger partial charge in [0.1, 0.15) is 0 Å². The zero-order valence-electron chi connectivity index (χ0n) is 11.1. The van der Waals surface area contributed by atoms with Crippen molar-refractivity contribution in [2.24, 2.45) is 0 Å². The van der Waals surface area contributed by atoms with Crippen molar-refractivity contribution in [3.63, 3.8) is 0 Å². The molecule has 0 heterocycles. The first-order valence-corrected chi connectivity index (χ1v) is 7.44. The molecule has 0 saturated heterocycles. The molecule has 0 aliphatic carbocycles. The van der Waals surface area contributed by atoms with Crippen LogP contribution in [0.1, 0.15) is 37.8 Å². The maximum Gasteiger partial charge on any atom is 0.306 e. The molecule has 0 fully saturated rings. The van der Waals surface area contributed by atoms with Crippen LogP contribution < -0.4 is 0 Å². The van der Waals surface area contributed by atoms with E-state index in [2.05, 4.69) is 47.1 Å². The number of rotatable bonds is 7. The van der Waals surface area contributed by atoms with Crippen LogP contribution in [0, 0.1) is 0 Å². The molecule has 1 unspecified atom stereocenters. The van der Waals surface area contributed by atoms with Crippen molar-refractivity contribution >= 4 is 21.9 Å². The number of esters is 1. The number of hydrogen-bond acceptors (Lipinski definition) is 2. The first kappa shape index (κ1) is 15.2. The second kappa shape index (κ2) is 8.30. The molecule has 0 aliphatic rings. The van der Waals surface area contributed by atoms with Crippen LogP contribution in [0.25, 0.3) is 0 Å². The van der Waals surface area contributed by atoms with Gasteiger partial charge >= 0.3 is 5.97 Å². The Morgan fingerprint density at radius 1 is 1.22 bits per heavy atom. The molecule has 0 aromatic heterocycles. The van der Waals surface area contributed by atoms with E-state index in [0.29, 0.717) is 13.0 Å². The fourth-order valence-electron chi connectivity index (χ4n) is 1.86. The van der Waals surface area contributed by atoms with Crippen molar-refractivity contribution in [1.29, 1.82) is 0 Å². The minimum Gasteiger partial charge on any atom is -0.466 e. The lowest BCUT2D eigenvalue weighted by Gasteiger charge is -2.09. The first-order valence-electron chi connectivity index (χ1n) is 6.53. The lowest BCUT2D eigenvalue weighted by Crippen LogP contribution is -2.13. The molecule has 100 valence electrons. The summed E-state index contributed by atoms with van der Waals surface area (Å²) in [7, 11) is 0. The predicted molar refractivity (Wildman–Crippen MR) is 78.1 cm³/mol. The number of benzene rings is 1. The van der Waals surface area contributed by atoms with Crippen LogP contribution >= 0.6 is 15.9 Å². The summed E-state index contributed by atoms with van der Waals surface area (Å²) >= 11 is 3.53. The van der Waals surface area contributed by atoms with Crippen molar-refractivity contribution < 1.29 is 9.53 Å². The highest BCUT2D eigenvalue weighted by Crippen LogP contribution is 2.15. The minimum absolute atomic E-state index is 0.137. The van der Waals surface area contributed by atoms with Crippen molar-refractivity contribution in [1.82, 2.24) is 0 Å². The van der Waals surface area contributed by atoms with Gasteiger partial charge < -0.3 is 4.74 Å². The monoisotopic (exact) mass is 312 g/mol. The molecule has 0 aliphatic heterocycles. The number of carbonyl (C=O) groups is 1. The molecule has 0 spiro atoms. The average Bonchev–Trinajstić information content (AvgIpc) is 2.32. The van der Waals surface area contributed by atoms with Gasteiger partial charge in [-0.05, 0) is 30.9 Å². The van der Waals surface area contributed by atoms with Crippen LogP contribution in [0.5, 0.6) is 0 Å². The van der Waals surface area contributed by atoms with E-state index in [9.17, 15) is 4.79 Å². The van der Waals surface area contributed by atoms with Gasteiger partial charge in [-0.3, -0.25) is 4.79 Å². The zero-order valence-corrected chi connectivity index (χ0v) is 12.7. The second-order valence-electron chi connectivity index (χ2n) is 4.38. The molecule has 1 aromatic rings. The van der Waals surface area contributed by atoms with Crippen molar-refractivity contribution in [3.05, 3.63) is 35.4 Å². The minimum atomic E-state index is -0.137.